The Bertz CT molecular complexity index is 663. The van der Waals surface area contributed by atoms with E-state index in [1.165, 1.54) is 0 Å². The van der Waals surface area contributed by atoms with Gasteiger partial charge in [0.05, 0.1) is 0 Å². The summed E-state index contributed by atoms with van der Waals surface area (Å²) in [6, 6.07) is 0. The van der Waals surface area contributed by atoms with Crippen molar-refractivity contribution in [3.63, 3.8) is 0 Å². The van der Waals surface area contributed by atoms with Crippen molar-refractivity contribution in [2.45, 2.75) is 62.1 Å². The van der Waals surface area contributed by atoms with Crippen LogP contribution in [0.3, 0.4) is 0 Å². The van der Waals surface area contributed by atoms with Crippen molar-refractivity contribution in [1.29, 1.82) is 0 Å². The van der Waals surface area contributed by atoms with Crippen LogP contribution in [-0.4, -0.2) is 35.5 Å². The van der Waals surface area contributed by atoms with E-state index in [-0.39, 0.29) is 43.9 Å². The first-order valence-electron chi connectivity index (χ1n) is 8.64. The second-order valence-electron chi connectivity index (χ2n) is 8.06. The third-order valence-electron chi connectivity index (χ3n) is 5.75. The first kappa shape index (κ1) is 20.7. The SMILES string of the molecule is C=C(C(=O)OC12CC3CC(C1)CC(OC(=O)C(=C)C(F)(F)F)(C3)C2)C(F)(F)F. The molecule has 4 fully saturated rings. The average Bonchev–Trinajstić information content (AvgIpc) is 2.49. The molecule has 4 rings (SSSR count). The van der Waals surface area contributed by atoms with Crippen molar-refractivity contribution >= 4 is 11.9 Å². The number of carbonyl (C=O) groups is 2. The Hall–Kier alpha value is -2.00. The molecule has 4 saturated carbocycles. The van der Waals surface area contributed by atoms with Crippen molar-refractivity contribution in [3.8, 4) is 0 Å². The van der Waals surface area contributed by atoms with Crippen molar-refractivity contribution in [2.24, 2.45) is 11.8 Å². The summed E-state index contributed by atoms with van der Waals surface area (Å²) >= 11 is 0. The number of hydrogen-bond donors (Lipinski definition) is 0. The van der Waals surface area contributed by atoms with Gasteiger partial charge >= 0.3 is 24.3 Å². The van der Waals surface area contributed by atoms with E-state index in [0.29, 0.717) is 6.42 Å². The minimum Gasteiger partial charge on any atom is -0.455 e. The van der Waals surface area contributed by atoms with Gasteiger partial charge < -0.3 is 9.47 Å². The summed E-state index contributed by atoms with van der Waals surface area (Å²) in [5.74, 6) is -3.48. The van der Waals surface area contributed by atoms with Gasteiger partial charge in [0.2, 0.25) is 0 Å². The van der Waals surface area contributed by atoms with Gasteiger partial charge in [0.1, 0.15) is 22.3 Å². The fraction of sp³-hybridized carbons (Fsp3) is 0.667. The molecule has 156 valence electrons. The van der Waals surface area contributed by atoms with E-state index in [1.54, 1.807) is 0 Å². The molecule has 0 N–H and O–H groups in total. The van der Waals surface area contributed by atoms with Gasteiger partial charge in [0, 0.05) is 6.42 Å². The summed E-state index contributed by atoms with van der Waals surface area (Å²) in [4.78, 5) is 23.9. The summed E-state index contributed by atoms with van der Waals surface area (Å²) in [7, 11) is 0. The topological polar surface area (TPSA) is 52.6 Å². The van der Waals surface area contributed by atoms with Gasteiger partial charge in [-0.1, -0.05) is 13.2 Å². The maximum Gasteiger partial charge on any atom is 0.422 e. The van der Waals surface area contributed by atoms with Gasteiger partial charge in [-0.2, -0.15) is 26.3 Å². The molecule has 4 nitrogen and oxygen atoms in total. The molecule has 0 spiro atoms. The van der Waals surface area contributed by atoms with Crippen LogP contribution in [0.5, 0.6) is 0 Å². The van der Waals surface area contributed by atoms with Crippen molar-refractivity contribution in [1.82, 2.24) is 0 Å². The molecule has 0 unspecified atom stereocenters. The van der Waals surface area contributed by atoms with Gasteiger partial charge in [-0.15, -0.1) is 0 Å². The van der Waals surface area contributed by atoms with Crippen LogP contribution in [0.4, 0.5) is 26.3 Å². The van der Waals surface area contributed by atoms with Gasteiger partial charge in [0.25, 0.3) is 0 Å². The quantitative estimate of drug-likeness (QED) is 0.390. The lowest BCUT2D eigenvalue weighted by Gasteiger charge is -2.60. The van der Waals surface area contributed by atoms with Crippen LogP contribution in [0, 0.1) is 11.8 Å². The Morgan fingerprint density at radius 1 is 0.750 bits per heavy atom. The van der Waals surface area contributed by atoms with Crippen molar-refractivity contribution in [2.75, 3.05) is 0 Å². The maximum absolute atomic E-state index is 12.7. The molecular weight excluding hydrogens is 394 g/mol. The number of alkyl halides is 6. The number of esters is 2. The highest BCUT2D eigenvalue weighted by molar-refractivity contribution is 5.90. The van der Waals surface area contributed by atoms with Gasteiger partial charge in [-0.05, 0) is 43.9 Å². The highest BCUT2D eigenvalue weighted by Crippen LogP contribution is 2.60. The summed E-state index contributed by atoms with van der Waals surface area (Å²) in [5, 5.41) is 0. The van der Waals surface area contributed by atoms with Crippen LogP contribution >= 0.6 is 0 Å². The molecular formula is C18H18F6O4. The Morgan fingerprint density at radius 3 is 1.36 bits per heavy atom. The summed E-state index contributed by atoms with van der Waals surface area (Å²) in [6.45, 7) is 5.44. The molecule has 0 atom stereocenters. The predicted octanol–water partition coefficient (Wildman–Crippen LogP) is 4.40. The normalized spacial score (nSPS) is 34.1. The molecule has 4 bridgehead atoms. The number of hydrogen-bond acceptors (Lipinski definition) is 4. The number of carbonyl (C=O) groups excluding carboxylic acids is 2. The minimum atomic E-state index is -4.95. The van der Waals surface area contributed by atoms with E-state index >= 15 is 0 Å². The number of halogens is 6. The van der Waals surface area contributed by atoms with Crippen LogP contribution in [-0.2, 0) is 19.1 Å². The van der Waals surface area contributed by atoms with Crippen LogP contribution in [0.25, 0.3) is 0 Å². The second kappa shape index (κ2) is 6.25. The second-order valence-corrected chi connectivity index (χ2v) is 8.06. The molecule has 10 heteroatoms. The monoisotopic (exact) mass is 412 g/mol. The Labute approximate surface area is 156 Å². The fourth-order valence-corrected chi connectivity index (χ4v) is 5.08. The third-order valence-corrected chi connectivity index (χ3v) is 5.75. The molecule has 0 aliphatic heterocycles. The van der Waals surface area contributed by atoms with Crippen molar-refractivity contribution < 1.29 is 45.4 Å². The lowest BCUT2D eigenvalue weighted by atomic mass is 9.52. The molecule has 0 amide bonds. The lowest BCUT2D eigenvalue weighted by molar-refractivity contribution is -0.231. The number of ether oxygens (including phenoxy) is 2. The van der Waals surface area contributed by atoms with Gasteiger partial charge in [0.15, 0.2) is 0 Å². The molecule has 28 heavy (non-hydrogen) atoms. The smallest absolute Gasteiger partial charge is 0.422 e. The highest BCUT2D eigenvalue weighted by atomic mass is 19.4. The maximum atomic E-state index is 12.7. The molecule has 0 aromatic heterocycles. The zero-order chi connectivity index (χ0) is 21.1. The standard InChI is InChI=1S/C18H18F6O4/c1-9(17(19,20)21)13(25)27-15-4-11-3-12(5-15)7-16(6-11,8-15)28-14(26)10(2)18(22,23)24/h11-12H,1-8H2. The largest absolute Gasteiger partial charge is 0.455 e. The first-order chi connectivity index (χ1) is 12.6. The van der Waals surface area contributed by atoms with Crippen molar-refractivity contribution in [3.05, 3.63) is 24.3 Å². The minimum absolute atomic E-state index is 0.125. The Morgan fingerprint density at radius 2 is 1.07 bits per heavy atom. The summed E-state index contributed by atoms with van der Waals surface area (Å²) in [5.41, 5.74) is -5.93. The van der Waals surface area contributed by atoms with Crippen LogP contribution in [0.1, 0.15) is 38.5 Å². The predicted molar refractivity (Wildman–Crippen MR) is 82.7 cm³/mol. The van der Waals surface area contributed by atoms with E-state index in [2.05, 4.69) is 13.2 Å². The van der Waals surface area contributed by atoms with Crippen LogP contribution in [0.2, 0.25) is 0 Å². The number of rotatable bonds is 4. The fourth-order valence-electron chi connectivity index (χ4n) is 5.08. The average molecular weight is 412 g/mol. The molecule has 0 aromatic rings. The Kier molecular flexibility index (Phi) is 4.63. The summed E-state index contributed by atoms with van der Waals surface area (Å²) < 4.78 is 86.7. The van der Waals surface area contributed by atoms with E-state index in [0.717, 1.165) is 0 Å². The molecule has 0 saturated heterocycles. The summed E-state index contributed by atoms with van der Waals surface area (Å²) in [6.07, 6.45) is -8.23. The van der Waals surface area contributed by atoms with E-state index in [1.807, 2.05) is 0 Å². The van der Waals surface area contributed by atoms with Gasteiger partial charge in [-0.25, -0.2) is 9.59 Å². The Balaban J connectivity index is 1.80. The third kappa shape index (κ3) is 3.77. The van der Waals surface area contributed by atoms with Gasteiger partial charge in [-0.3, -0.25) is 0 Å². The van der Waals surface area contributed by atoms with E-state index in [9.17, 15) is 35.9 Å². The highest BCUT2D eigenvalue weighted by Gasteiger charge is 2.62. The molecule has 4 aliphatic carbocycles. The van der Waals surface area contributed by atoms with E-state index in [4.69, 9.17) is 9.47 Å². The molecule has 0 heterocycles. The van der Waals surface area contributed by atoms with Crippen LogP contribution < -0.4 is 0 Å². The lowest BCUT2D eigenvalue weighted by Crippen LogP contribution is -2.62. The van der Waals surface area contributed by atoms with Crippen LogP contribution in [0.15, 0.2) is 24.3 Å². The zero-order valence-corrected chi connectivity index (χ0v) is 14.7. The first-order valence-corrected chi connectivity index (χ1v) is 8.64. The molecule has 0 aromatic carbocycles. The molecule has 4 aliphatic rings. The van der Waals surface area contributed by atoms with E-state index < -0.39 is 46.6 Å². The zero-order valence-electron chi connectivity index (χ0n) is 14.7. The molecule has 0 radical (unpaired) electrons.